The zero-order valence-electron chi connectivity index (χ0n) is 11.5. The van der Waals surface area contributed by atoms with E-state index in [4.69, 9.17) is 0 Å². The van der Waals surface area contributed by atoms with Gasteiger partial charge >= 0.3 is 0 Å². The van der Waals surface area contributed by atoms with Crippen molar-refractivity contribution in [1.29, 1.82) is 0 Å². The summed E-state index contributed by atoms with van der Waals surface area (Å²) in [5.74, 6) is 1.41. The summed E-state index contributed by atoms with van der Waals surface area (Å²) in [5, 5.41) is 8.72. The Morgan fingerprint density at radius 1 is 0.950 bits per heavy atom. The van der Waals surface area contributed by atoms with Crippen LogP contribution in [0.15, 0.2) is 48.5 Å². The Morgan fingerprint density at radius 2 is 1.75 bits per heavy atom. The molecule has 0 saturated heterocycles. The molecule has 0 unspecified atom stereocenters. The van der Waals surface area contributed by atoms with Gasteiger partial charge in [0.05, 0.1) is 0 Å². The Kier molecular flexibility index (Phi) is 3.21. The lowest BCUT2D eigenvalue weighted by molar-refractivity contribution is 1.10. The number of hydrogen-bond donors (Lipinski definition) is 2. The van der Waals surface area contributed by atoms with Gasteiger partial charge in [-0.15, -0.1) is 0 Å². The first-order valence-corrected chi connectivity index (χ1v) is 6.54. The van der Waals surface area contributed by atoms with Crippen molar-refractivity contribution < 1.29 is 0 Å². The molecule has 0 spiro atoms. The fraction of sp³-hybridized carbons (Fsp3) is 0.125. The minimum absolute atomic E-state index is 0.618. The minimum Gasteiger partial charge on any atom is -0.357 e. The van der Waals surface area contributed by atoms with Gasteiger partial charge in [-0.25, -0.2) is 4.98 Å². The van der Waals surface area contributed by atoms with Crippen LogP contribution in [0.4, 0.5) is 17.5 Å². The molecule has 0 aliphatic carbocycles. The molecule has 0 amide bonds. The predicted molar refractivity (Wildman–Crippen MR) is 83.5 cm³/mol. The number of fused-ring (bicyclic) bond motifs is 1. The Balaban J connectivity index is 2.03. The molecule has 0 bridgehead atoms. The average Bonchev–Trinajstić information content (AvgIpc) is 2.47. The zero-order chi connectivity index (χ0) is 13.9. The summed E-state index contributed by atoms with van der Waals surface area (Å²) in [6.07, 6.45) is 0. The van der Waals surface area contributed by atoms with Crippen LogP contribution in [-0.2, 0) is 0 Å². The van der Waals surface area contributed by atoms with E-state index in [1.807, 2.05) is 38.2 Å². The van der Waals surface area contributed by atoms with Gasteiger partial charge in [0, 0.05) is 29.9 Å². The monoisotopic (exact) mass is 264 g/mol. The molecule has 0 aliphatic heterocycles. The summed E-state index contributed by atoms with van der Waals surface area (Å²) in [6, 6.07) is 16.4. The number of nitrogens with one attached hydrogen (secondary N) is 2. The van der Waals surface area contributed by atoms with Gasteiger partial charge in [-0.05, 0) is 18.4 Å². The number of benzene rings is 2. The Hall–Kier alpha value is -2.62. The Bertz CT molecular complexity index is 747. The summed E-state index contributed by atoms with van der Waals surface area (Å²) < 4.78 is 0. The van der Waals surface area contributed by atoms with Crippen LogP contribution >= 0.6 is 0 Å². The van der Waals surface area contributed by atoms with Crippen LogP contribution in [0.5, 0.6) is 0 Å². The van der Waals surface area contributed by atoms with Crippen LogP contribution in [0.25, 0.3) is 10.8 Å². The van der Waals surface area contributed by atoms with Crippen molar-refractivity contribution in [1.82, 2.24) is 9.97 Å². The summed E-state index contributed by atoms with van der Waals surface area (Å²) in [6.45, 7) is 1.96. The normalized spacial score (nSPS) is 10.5. The molecule has 0 aliphatic rings. The van der Waals surface area contributed by atoms with E-state index in [1.54, 1.807) is 0 Å². The SMILES string of the molecule is CNc1nc(C)cc(Nc2cccc3ccccc23)n1. The molecule has 0 saturated carbocycles. The van der Waals surface area contributed by atoms with Crippen molar-refractivity contribution >= 4 is 28.2 Å². The van der Waals surface area contributed by atoms with E-state index in [0.717, 1.165) is 17.2 Å². The van der Waals surface area contributed by atoms with Crippen molar-refractivity contribution in [3.05, 3.63) is 54.2 Å². The maximum atomic E-state index is 4.42. The molecule has 0 fully saturated rings. The lowest BCUT2D eigenvalue weighted by Crippen LogP contribution is -2.02. The van der Waals surface area contributed by atoms with Crippen molar-refractivity contribution in [2.24, 2.45) is 0 Å². The zero-order valence-corrected chi connectivity index (χ0v) is 11.5. The Morgan fingerprint density at radius 3 is 2.60 bits per heavy atom. The Labute approximate surface area is 117 Å². The quantitative estimate of drug-likeness (QED) is 0.757. The lowest BCUT2D eigenvalue weighted by Gasteiger charge is -2.10. The maximum Gasteiger partial charge on any atom is 0.224 e. The number of hydrogen-bond acceptors (Lipinski definition) is 4. The van der Waals surface area contributed by atoms with E-state index in [-0.39, 0.29) is 0 Å². The van der Waals surface area contributed by atoms with E-state index in [1.165, 1.54) is 10.8 Å². The largest absolute Gasteiger partial charge is 0.357 e. The van der Waals surface area contributed by atoms with Crippen LogP contribution in [-0.4, -0.2) is 17.0 Å². The van der Waals surface area contributed by atoms with Gasteiger partial charge in [-0.2, -0.15) is 4.98 Å². The molecule has 4 heteroatoms. The van der Waals surface area contributed by atoms with E-state index >= 15 is 0 Å². The van der Waals surface area contributed by atoms with Gasteiger partial charge in [-0.3, -0.25) is 0 Å². The first kappa shape index (κ1) is 12.4. The van der Waals surface area contributed by atoms with Crippen LogP contribution < -0.4 is 10.6 Å². The van der Waals surface area contributed by atoms with Gasteiger partial charge in [0.15, 0.2) is 0 Å². The predicted octanol–water partition coefficient (Wildman–Crippen LogP) is 3.72. The highest BCUT2D eigenvalue weighted by molar-refractivity contribution is 5.95. The average molecular weight is 264 g/mol. The highest BCUT2D eigenvalue weighted by Gasteiger charge is 2.04. The van der Waals surface area contributed by atoms with E-state index in [2.05, 4.69) is 44.9 Å². The summed E-state index contributed by atoms with van der Waals surface area (Å²) in [7, 11) is 1.82. The molecule has 1 heterocycles. The third-order valence-corrected chi connectivity index (χ3v) is 3.13. The highest BCUT2D eigenvalue weighted by atomic mass is 15.1. The second-order valence-corrected chi connectivity index (χ2v) is 4.62. The van der Waals surface area contributed by atoms with Crippen molar-refractivity contribution in [3.63, 3.8) is 0 Å². The number of rotatable bonds is 3. The molecule has 3 rings (SSSR count). The molecule has 100 valence electrons. The molecule has 4 nitrogen and oxygen atoms in total. The van der Waals surface area contributed by atoms with Crippen LogP contribution in [0.3, 0.4) is 0 Å². The van der Waals surface area contributed by atoms with Crippen molar-refractivity contribution in [2.45, 2.75) is 6.92 Å². The van der Waals surface area contributed by atoms with Gasteiger partial charge in [0.25, 0.3) is 0 Å². The van der Waals surface area contributed by atoms with Crippen LogP contribution in [0.2, 0.25) is 0 Å². The molecule has 2 N–H and O–H groups in total. The fourth-order valence-corrected chi connectivity index (χ4v) is 2.22. The molecule has 2 aromatic carbocycles. The second-order valence-electron chi connectivity index (χ2n) is 4.62. The minimum atomic E-state index is 0.618. The first-order valence-electron chi connectivity index (χ1n) is 6.54. The summed E-state index contributed by atoms with van der Waals surface area (Å²) >= 11 is 0. The molecule has 1 aromatic heterocycles. The first-order chi connectivity index (χ1) is 9.76. The fourth-order valence-electron chi connectivity index (χ4n) is 2.22. The van der Waals surface area contributed by atoms with Crippen molar-refractivity contribution in [2.75, 3.05) is 17.7 Å². The highest BCUT2D eigenvalue weighted by Crippen LogP contribution is 2.26. The van der Waals surface area contributed by atoms with Gasteiger partial charge in [-0.1, -0.05) is 36.4 Å². The molecular weight excluding hydrogens is 248 g/mol. The molecule has 3 aromatic rings. The standard InChI is InChI=1S/C16H16N4/c1-11-10-15(20-16(17-2)18-11)19-14-9-5-7-12-6-3-4-8-13(12)14/h3-10H,1-2H3,(H2,17,18,19,20). The van der Waals surface area contributed by atoms with Crippen LogP contribution in [0, 0.1) is 6.92 Å². The number of aryl methyl sites for hydroxylation is 1. The number of nitrogens with zero attached hydrogens (tertiary/aromatic N) is 2. The maximum absolute atomic E-state index is 4.42. The molecule has 20 heavy (non-hydrogen) atoms. The number of anilines is 3. The summed E-state index contributed by atoms with van der Waals surface area (Å²) in [5.41, 5.74) is 1.97. The lowest BCUT2D eigenvalue weighted by atomic mass is 10.1. The smallest absolute Gasteiger partial charge is 0.224 e. The van der Waals surface area contributed by atoms with Crippen molar-refractivity contribution in [3.8, 4) is 0 Å². The van der Waals surface area contributed by atoms with Gasteiger partial charge in [0.1, 0.15) is 5.82 Å². The molecule has 0 radical (unpaired) electrons. The van der Waals surface area contributed by atoms with E-state index < -0.39 is 0 Å². The third kappa shape index (κ3) is 2.40. The van der Waals surface area contributed by atoms with E-state index in [9.17, 15) is 0 Å². The number of aromatic nitrogens is 2. The molecule has 0 atom stereocenters. The van der Waals surface area contributed by atoms with Gasteiger partial charge in [0.2, 0.25) is 5.95 Å². The third-order valence-electron chi connectivity index (χ3n) is 3.13. The van der Waals surface area contributed by atoms with Gasteiger partial charge < -0.3 is 10.6 Å². The van der Waals surface area contributed by atoms with Crippen LogP contribution in [0.1, 0.15) is 5.69 Å². The summed E-state index contributed by atoms with van der Waals surface area (Å²) in [4.78, 5) is 8.71. The second kappa shape index (κ2) is 5.17. The van der Waals surface area contributed by atoms with E-state index in [0.29, 0.717) is 5.95 Å². The topological polar surface area (TPSA) is 49.8 Å². The molecular formula is C16H16N4.